The standard InChI is InChI=1S/C29H30Cl2N4O/c1-6-23-27(32-17-34(4)5)25-15-24(19-7-11-21(30)12-8-19)26(20-9-13-22(31)14-10-20)33-28(25)35(29(23)36)16-18(2)3/h7-15,17-18H,6,16H2,1-5H3. The quantitative estimate of drug-likeness (QED) is 0.187. The van der Waals surface area contributed by atoms with Gasteiger partial charge in [-0.25, -0.2) is 9.98 Å². The molecule has 4 rings (SSSR count). The molecule has 0 aliphatic heterocycles. The molecule has 0 saturated carbocycles. The first kappa shape index (κ1) is 25.9. The van der Waals surface area contributed by atoms with Crippen LogP contribution in [0.4, 0.5) is 5.69 Å². The smallest absolute Gasteiger partial charge is 0.257 e. The minimum Gasteiger partial charge on any atom is -0.369 e. The van der Waals surface area contributed by atoms with Gasteiger partial charge in [0.15, 0.2) is 0 Å². The average molecular weight is 521 g/mol. The van der Waals surface area contributed by atoms with Crippen LogP contribution in [0.25, 0.3) is 33.4 Å². The molecule has 0 atom stereocenters. The summed E-state index contributed by atoms with van der Waals surface area (Å²) < 4.78 is 1.80. The highest BCUT2D eigenvalue weighted by Gasteiger charge is 2.21. The number of halogens is 2. The Kier molecular flexibility index (Phi) is 7.82. The van der Waals surface area contributed by atoms with E-state index in [2.05, 4.69) is 19.9 Å². The summed E-state index contributed by atoms with van der Waals surface area (Å²) in [6, 6.07) is 17.4. The number of pyridine rings is 2. The zero-order chi connectivity index (χ0) is 26.0. The minimum absolute atomic E-state index is 0.0431. The first-order valence-corrected chi connectivity index (χ1v) is 12.8. The highest BCUT2D eigenvalue weighted by Crippen LogP contribution is 2.38. The number of aliphatic imine (C=N–C) groups is 1. The lowest BCUT2D eigenvalue weighted by Gasteiger charge is -2.19. The van der Waals surface area contributed by atoms with Gasteiger partial charge in [-0.05, 0) is 48.2 Å². The summed E-state index contributed by atoms with van der Waals surface area (Å²) in [4.78, 5) is 25.5. The van der Waals surface area contributed by atoms with Crippen LogP contribution in [0.15, 0.2) is 64.4 Å². The Bertz CT molecular complexity index is 1470. The van der Waals surface area contributed by atoms with Crippen LogP contribution in [0.1, 0.15) is 26.3 Å². The first-order chi connectivity index (χ1) is 17.2. The second kappa shape index (κ2) is 10.9. The third-order valence-corrected chi connectivity index (χ3v) is 6.40. The van der Waals surface area contributed by atoms with Crippen LogP contribution in [0, 0.1) is 5.92 Å². The van der Waals surface area contributed by atoms with E-state index >= 15 is 0 Å². The molecule has 2 aromatic carbocycles. The van der Waals surface area contributed by atoms with E-state index in [1.165, 1.54) is 0 Å². The summed E-state index contributed by atoms with van der Waals surface area (Å²) in [6.45, 7) is 6.76. The molecule has 5 nitrogen and oxygen atoms in total. The summed E-state index contributed by atoms with van der Waals surface area (Å²) in [5.74, 6) is 0.267. The van der Waals surface area contributed by atoms with E-state index in [0.717, 1.165) is 27.8 Å². The van der Waals surface area contributed by atoms with Gasteiger partial charge in [-0.15, -0.1) is 0 Å². The second-order valence-electron chi connectivity index (χ2n) is 9.47. The van der Waals surface area contributed by atoms with Crippen LogP contribution in [-0.4, -0.2) is 34.9 Å². The summed E-state index contributed by atoms with van der Waals surface area (Å²) in [5, 5.41) is 2.15. The lowest BCUT2D eigenvalue weighted by atomic mass is 9.96. The van der Waals surface area contributed by atoms with Gasteiger partial charge in [-0.2, -0.15) is 0 Å². The molecule has 36 heavy (non-hydrogen) atoms. The lowest BCUT2D eigenvalue weighted by Crippen LogP contribution is -2.27. The predicted molar refractivity (Wildman–Crippen MR) is 153 cm³/mol. The normalized spacial score (nSPS) is 11.7. The van der Waals surface area contributed by atoms with Gasteiger partial charge in [0.2, 0.25) is 0 Å². The highest BCUT2D eigenvalue weighted by atomic mass is 35.5. The SMILES string of the molecule is CCc1c(N=CN(C)C)c2cc(-c3ccc(Cl)cc3)c(-c3ccc(Cl)cc3)nc2n(CC(C)C)c1=O. The van der Waals surface area contributed by atoms with E-state index in [1.54, 1.807) is 10.9 Å². The van der Waals surface area contributed by atoms with Gasteiger partial charge in [0.1, 0.15) is 5.65 Å². The number of hydrogen-bond acceptors (Lipinski definition) is 3. The van der Waals surface area contributed by atoms with Crippen molar-refractivity contribution < 1.29 is 0 Å². The van der Waals surface area contributed by atoms with E-state index in [0.29, 0.717) is 39.9 Å². The maximum absolute atomic E-state index is 13.7. The van der Waals surface area contributed by atoms with E-state index in [4.69, 9.17) is 33.2 Å². The number of benzene rings is 2. The molecular weight excluding hydrogens is 491 g/mol. The number of nitrogens with zero attached hydrogens (tertiary/aromatic N) is 4. The van der Waals surface area contributed by atoms with Crippen molar-refractivity contribution in [1.82, 2.24) is 14.5 Å². The van der Waals surface area contributed by atoms with Crippen molar-refractivity contribution in [3.05, 3.63) is 80.6 Å². The molecule has 0 aliphatic rings. The molecule has 2 aromatic heterocycles. The summed E-state index contributed by atoms with van der Waals surface area (Å²) >= 11 is 12.4. The van der Waals surface area contributed by atoms with Crippen LogP contribution in [0.5, 0.6) is 0 Å². The Balaban J connectivity index is 2.17. The van der Waals surface area contributed by atoms with E-state index in [1.807, 2.05) is 74.4 Å². The Morgan fingerprint density at radius 3 is 2.11 bits per heavy atom. The van der Waals surface area contributed by atoms with Crippen LogP contribution < -0.4 is 5.56 Å². The fourth-order valence-corrected chi connectivity index (χ4v) is 4.51. The van der Waals surface area contributed by atoms with Crippen molar-refractivity contribution in [2.24, 2.45) is 10.9 Å². The molecular formula is C29H30Cl2N4O. The van der Waals surface area contributed by atoms with Crippen LogP contribution in [0.3, 0.4) is 0 Å². The molecule has 7 heteroatoms. The molecule has 4 aromatic rings. The van der Waals surface area contributed by atoms with Crippen molar-refractivity contribution in [3.63, 3.8) is 0 Å². The maximum Gasteiger partial charge on any atom is 0.257 e. The molecule has 0 saturated heterocycles. The van der Waals surface area contributed by atoms with Gasteiger partial charge in [-0.3, -0.25) is 9.36 Å². The molecule has 0 unspecified atom stereocenters. The first-order valence-electron chi connectivity index (χ1n) is 12.0. The van der Waals surface area contributed by atoms with Crippen molar-refractivity contribution in [2.75, 3.05) is 14.1 Å². The Hall–Kier alpha value is -3.15. The van der Waals surface area contributed by atoms with E-state index in [-0.39, 0.29) is 11.5 Å². The van der Waals surface area contributed by atoms with Gasteiger partial charge < -0.3 is 4.90 Å². The molecule has 2 heterocycles. The van der Waals surface area contributed by atoms with Gasteiger partial charge in [0.05, 0.1) is 17.7 Å². The van der Waals surface area contributed by atoms with Crippen LogP contribution in [-0.2, 0) is 13.0 Å². The molecule has 0 amide bonds. The zero-order valence-electron chi connectivity index (χ0n) is 21.2. The zero-order valence-corrected chi connectivity index (χ0v) is 22.7. The number of aromatic nitrogens is 2. The second-order valence-corrected chi connectivity index (χ2v) is 10.3. The molecule has 0 N–H and O–H groups in total. The van der Waals surface area contributed by atoms with Gasteiger partial charge in [-0.1, -0.05) is 68.2 Å². The molecule has 186 valence electrons. The fraction of sp³-hybridized carbons (Fsp3) is 0.276. The molecule has 0 fully saturated rings. The number of rotatable bonds is 7. The van der Waals surface area contributed by atoms with Gasteiger partial charge >= 0.3 is 0 Å². The number of fused-ring (bicyclic) bond motifs is 1. The summed E-state index contributed by atoms with van der Waals surface area (Å²) in [5.41, 5.74) is 5.51. The van der Waals surface area contributed by atoms with Crippen LogP contribution in [0.2, 0.25) is 10.0 Å². The van der Waals surface area contributed by atoms with Gasteiger partial charge in [0, 0.05) is 52.8 Å². The van der Waals surface area contributed by atoms with E-state index < -0.39 is 0 Å². The molecule has 0 bridgehead atoms. The fourth-order valence-electron chi connectivity index (χ4n) is 4.26. The molecule has 0 radical (unpaired) electrons. The third kappa shape index (κ3) is 5.32. The predicted octanol–water partition coefficient (Wildman–Crippen LogP) is 7.48. The van der Waals surface area contributed by atoms with Gasteiger partial charge in [0.25, 0.3) is 5.56 Å². The number of hydrogen-bond donors (Lipinski definition) is 0. The summed E-state index contributed by atoms with van der Waals surface area (Å²) in [6.07, 6.45) is 2.30. The molecule has 0 spiro atoms. The van der Waals surface area contributed by atoms with E-state index in [9.17, 15) is 4.79 Å². The monoisotopic (exact) mass is 520 g/mol. The Morgan fingerprint density at radius 1 is 1.00 bits per heavy atom. The Labute approximate surface area is 222 Å². The topological polar surface area (TPSA) is 50.5 Å². The average Bonchev–Trinajstić information content (AvgIpc) is 2.84. The van der Waals surface area contributed by atoms with Crippen molar-refractivity contribution in [2.45, 2.75) is 33.7 Å². The molecule has 0 aliphatic carbocycles. The Morgan fingerprint density at radius 2 is 1.58 bits per heavy atom. The van der Waals surface area contributed by atoms with Crippen molar-refractivity contribution >= 4 is 46.3 Å². The van der Waals surface area contributed by atoms with Crippen LogP contribution >= 0.6 is 23.2 Å². The minimum atomic E-state index is -0.0431. The van der Waals surface area contributed by atoms with Crippen molar-refractivity contribution in [1.29, 1.82) is 0 Å². The highest BCUT2D eigenvalue weighted by molar-refractivity contribution is 6.31. The third-order valence-electron chi connectivity index (χ3n) is 5.89. The maximum atomic E-state index is 13.7. The van der Waals surface area contributed by atoms with Crippen molar-refractivity contribution in [3.8, 4) is 22.4 Å². The summed E-state index contributed by atoms with van der Waals surface area (Å²) in [7, 11) is 3.82. The lowest BCUT2D eigenvalue weighted by molar-refractivity contribution is 0.519. The largest absolute Gasteiger partial charge is 0.369 e.